The van der Waals surface area contributed by atoms with Gasteiger partial charge in [-0.3, -0.25) is 0 Å². The zero-order chi connectivity index (χ0) is 18.3. The molecule has 4 unspecified atom stereocenters. The highest BCUT2D eigenvalue weighted by molar-refractivity contribution is 5.88. The van der Waals surface area contributed by atoms with Crippen molar-refractivity contribution in [2.24, 2.45) is 22.7 Å². The Bertz CT molecular complexity index is 615. The number of carboxylic acids is 2. The van der Waals surface area contributed by atoms with Crippen LogP contribution < -0.4 is 0 Å². The number of hydrogen-bond acceptors (Lipinski definition) is 2. The molecule has 0 aliphatic heterocycles. The second-order valence-electron chi connectivity index (χ2n) is 8.36. The molecular formula is C20H30O4. The van der Waals surface area contributed by atoms with Gasteiger partial charge in [0.1, 0.15) is 0 Å². The number of rotatable bonds is 5. The Kier molecular flexibility index (Phi) is 4.98. The zero-order valence-corrected chi connectivity index (χ0v) is 15.5. The van der Waals surface area contributed by atoms with E-state index in [9.17, 15) is 14.7 Å². The van der Waals surface area contributed by atoms with Crippen molar-refractivity contribution in [3.63, 3.8) is 0 Å². The lowest BCUT2D eigenvalue weighted by Gasteiger charge is -2.54. The fourth-order valence-electron chi connectivity index (χ4n) is 5.12. The average molecular weight is 334 g/mol. The first kappa shape index (κ1) is 18.8. The molecule has 134 valence electrons. The molecule has 0 radical (unpaired) electrons. The quantitative estimate of drug-likeness (QED) is 0.717. The molecule has 0 aromatic rings. The minimum Gasteiger partial charge on any atom is -0.478 e. The minimum absolute atomic E-state index is 0.0268. The predicted octanol–water partition coefficient (Wildman–Crippen LogP) is 4.66. The van der Waals surface area contributed by atoms with E-state index in [1.165, 1.54) is 6.08 Å². The molecule has 2 aliphatic carbocycles. The molecule has 4 heteroatoms. The Morgan fingerprint density at radius 3 is 2.46 bits per heavy atom. The summed E-state index contributed by atoms with van der Waals surface area (Å²) in [6.45, 7) is 10.6. The predicted molar refractivity (Wildman–Crippen MR) is 93.7 cm³/mol. The van der Waals surface area contributed by atoms with E-state index in [1.54, 1.807) is 0 Å². The molecule has 2 aliphatic rings. The van der Waals surface area contributed by atoms with E-state index in [0.29, 0.717) is 23.8 Å². The van der Waals surface area contributed by atoms with E-state index in [1.807, 2.05) is 13.8 Å². The molecule has 0 heterocycles. The molecular weight excluding hydrogens is 304 g/mol. The standard InChI is InChI=1S/C20H30O4/c1-12(10-17(21)22)6-8-19(4)13(2)7-9-20(5)14(3)15(18(23)24)11-16(19)20/h10,13,16H,6-9,11H2,1-5H3,(H,21,22)(H,23,24). The van der Waals surface area contributed by atoms with Gasteiger partial charge in [-0.15, -0.1) is 0 Å². The minimum atomic E-state index is -0.897. The second kappa shape index (κ2) is 6.38. The lowest BCUT2D eigenvalue weighted by molar-refractivity contribution is -0.133. The number of hydrogen-bond donors (Lipinski definition) is 2. The molecule has 2 N–H and O–H groups in total. The Morgan fingerprint density at radius 2 is 1.92 bits per heavy atom. The van der Waals surface area contributed by atoms with Gasteiger partial charge in [-0.1, -0.05) is 31.9 Å². The first-order chi connectivity index (χ1) is 11.0. The van der Waals surface area contributed by atoms with Crippen LogP contribution in [0.5, 0.6) is 0 Å². The molecule has 4 atom stereocenters. The normalized spacial score (nSPS) is 36.6. The largest absolute Gasteiger partial charge is 0.478 e. The molecule has 0 aromatic heterocycles. The summed E-state index contributed by atoms with van der Waals surface area (Å²) in [5, 5.41) is 18.5. The van der Waals surface area contributed by atoms with Crippen molar-refractivity contribution in [1.82, 2.24) is 0 Å². The third-order valence-corrected chi connectivity index (χ3v) is 7.19. The third-order valence-electron chi connectivity index (χ3n) is 7.19. The summed E-state index contributed by atoms with van der Waals surface area (Å²) in [6.07, 6.45) is 5.72. The summed E-state index contributed by atoms with van der Waals surface area (Å²) >= 11 is 0. The molecule has 0 amide bonds. The monoisotopic (exact) mass is 334 g/mol. The molecule has 0 bridgehead atoms. The molecule has 1 saturated carbocycles. The Morgan fingerprint density at radius 1 is 1.29 bits per heavy atom. The molecule has 0 aromatic carbocycles. The summed E-state index contributed by atoms with van der Waals surface area (Å²) in [5.74, 6) is -0.850. The van der Waals surface area contributed by atoms with Gasteiger partial charge in [0.2, 0.25) is 0 Å². The fourth-order valence-corrected chi connectivity index (χ4v) is 5.12. The highest BCUT2D eigenvalue weighted by Crippen LogP contribution is 2.64. The van der Waals surface area contributed by atoms with Gasteiger partial charge in [0.05, 0.1) is 0 Å². The summed E-state index contributed by atoms with van der Waals surface area (Å²) in [6, 6.07) is 0. The first-order valence-electron chi connectivity index (χ1n) is 8.86. The summed E-state index contributed by atoms with van der Waals surface area (Å²) in [5.41, 5.74) is 2.51. The maximum Gasteiger partial charge on any atom is 0.331 e. The van der Waals surface area contributed by atoms with E-state index in [2.05, 4.69) is 20.8 Å². The summed E-state index contributed by atoms with van der Waals surface area (Å²) in [7, 11) is 0. The molecule has 24 heavy (non-hydrogen) atoms. The van der Waals surface area contributed by atoms with Crippen LogP contribution in [-0.4, -0.2) is 22.2 Å². The van der Waals surface area contributed by atoms with Crippen LogP contribution >= 0.6 is 0 Å². The van der Waals surface area contributed by atoms with Crippen LogP contribution in [0.15, 0.2) is 22.8 Å². The number of carboxylic acid groups (broad SMARTS) is 2. The van der Waals surface area contributed by atoms with Crippen molar-refractivity contribution < 1.29 is 19.8 Å². The van der Waals surface area contributed by atoms with Crippen LogP contribution in [0.2, 0.25) is 0 Å². The Hall–Kier alpha value is -1.58. The molecule has 0 spiro atoms. The van der Waals surface area contributed by atoms with Crippen molar-refractivity contribution in [3.8, 4) is 0 Å². The van der Waals surface area contributed by atoms with Crippen molar-refractivity contribution >= 4 is 11.9 Å². The van der Waals surface area contributed by atoms with E-state index >= 15 is 0 Å². The van der Waals surface area contributed by atoms with Gasteiger partial charge in [-0.2, -0.15) is 0 Å². The maximum absolute atomic E-state index is 11.6. The van der Waals surface area contributed by atoms with E-state index in [-0.39, 0.29) is 10.8 Å². The fraction of sp³-hybridized carbons (Fsp3) is 0.700. The van der Waals surface area contributed by atoms with Gasteiger partial charge in [0.25, 0.3) is 0 Å². The zero-order valence-electron chi connectivity index (χ0n) is 15.5. The van der Waals surface area contributed by atoms with Gasteiger partial charge in [0, 0.05) is 11.6 Å². The van der Waals surface area contributed by atoms with Gasteiger partial charge in [-0.05, 0) is 68.6 Å². The highest BCUT2D eigenvalue weighted by atomic mass is 16.4. The average Bonchev–Trinajstić information content (AvgIpc) is 2.75. The Balaban J connectivity index is 2.29. The van der Waals surface area contributed by atoms with Crippen LogP contribution in [0.25, 0.3) is 0 Å². The topological polar surface area (TPSA) is 74.6 Å². The molecule has 1 fully saturated rings. The lowest BCUT2D eigenvalue weighted by Crippen LogP contribution is -2.46. The van der Waals surface area contributed by atoms with Gasteiger partial charge >= 0.3 is 11.9 Å². The van der Waals surface area contributed by atoms with Crippen LogP contribution in [0.4, 0.5) is 0 Å². The highest BCUT2D eigenvalue weighted by Gasteiger charge is 2.56. The van der Waals surface area contributed by atoms with Crippen LogP contribution in [-0.2, 0) is 9.59 Å². The van der Waals surface area contributed by atoms with Crippen molar-refractivity contribution in [2.75, 3.05) is 0 Å². The van der Waals surface area contributed by atoms with Crippen LogP contribution in [0.3, 0.4) is 0 Å². The van der Waals surface area contributed by atoms with E-state index in [0.717, 1.165) is 36.8 Å². The Labute approximate surface area is 144 Å². The molecule has 0 saturated heterocycles. The van der Waals surface area contributed by atoms with Gasteiger partial charge in [-0.25, -0.2) is 9.59 Å². The van der Waals surface area contributed by atoms with Crippen molar-refractivity contribution in [3.05, 3.63) is 22.8 Å². The van der Waals surface area contributed by atoms with Crippen LogP contribution in [0.1, 0.15) is 66.7 Å². The first-order valence-corrected chi connectivity index (χ1v) is 8.86. The second-order valence-corrected chi connectivity index (χ2v) is 8.36. The SMILES string of the molecule is CC(=CC(=O)O)CCC1(C)C(C)CCC2(C)C(C)=C(C(=O)O)CC21. The third kappa shape index (κ3) is 3.03. The number of allylic oxidation sites excluding steroid dienone is 2. The van der Waals surface area contributed by atoms with Gasteiger partial charge < -0.3 is 10.2 Å². The number of fused-ring (bicyclic) bond motifs is 1. The maximum atomic E-state index is 11.6. The smallest absolute Gasteiger partial charge is 0.331 e. The lowest BCUT2D eigenvalue weighted by atomic mass is 9.50. The number of carbonyl (C=O) groups is 2. The van der Waals surface area contributed by atoms with E-state index in [4.69, 9.17) is 5.11 Å². The van der Waals surface area contributed by atoms with Crippen LogP contribution in [0, 0.1) is 22.7 Å². The van der Waals surface area contributed by atoms with Crippen molar-refractivity contribution in [2.45, 2.75) is 66.7 Å². The van der Waals surface area contributed by atoms with Crippen molar-refractivity contribution in [1.29, 1.82) is 0 Å². The molecule has 4 nitrogen and oxygen atoms in total. The molecule has 2 rings (SSSR count). The number of aliphatic carboxylic acids is 2. The van der Waals surface area contributed by atoms with E-state index < -0.39 is 11.9 Å². The summed E-state index contributed by atoms with van der Waals surface area (Å²) in [4.78, 5) is 22.5. The summed E-state index contributed by atoms with van der Waals surface area (Å²) < 4.78 is 0. The van der Waals surface area contributed by atoms with Gasteiger partial charge in [0.15, 0.2) is 0 Å².